The van der Waals surface area contributed by atoms with Crippen LogP contribution in [-0.4, -0.2) is 31.3 Å². The van der Waals surface area contributed by atoms with Crippen LogP contribution in [0.1, 0.15) is 24.0 Å². The molecule has 0 spiro atoms. The number of carboxylic acid groups (broad SMARTS) is 1. The molecule has 0 heterocycles. The van der Waals surface area contributed by atoms with Gasteiger partial charge in [-0.3, -0.25) is 4.79 Å². The van der Waals surface area contributed by atoms with E-state index in [9.17, 15) is 13.2 Å². The summed E-state index contributed by atoms with van der Waals surface area (Å²) in [6.07, 6.45) is 1.08. The average Bonchev–Trinajstić information content (AvgIpc) is 2.60. The molecule has 0 fully saturated rings. The lowest BCUT2D eigenvalue weighted by molar-refractivity contribution is -0.137. The van der Waals surface area contributed by atoms with Crippen molar-refractivity contribution in [1.29, 1.82) is 0 Å². The van der Waals surface area contributed by atoms with Crippen LogP contribution < -0.4 is 4.72 Å². The molecule has 2 rings (SSSR count). The summed E-state index contributed by atoms with van der Waals surface area (Å²) in [6.45, 7) is 0. The minimum atomic E-state index is -3.49. The van der Waals surface area contributed by atoms with Crippen LogP contribution in [0.4, 0.5) is 0 Å². The number of carboxylic acids is 1. The minimum Gasteiger partial charge on any atom is -0.481 e. The second kappa shape index (κ2) is 9.34. The highest BCUT2D eigenvalue weighted by atomic mass is 32.2. The standard InChI is InChI=1S/C19H23NO4S/c21-19(22)12-11-18(15-17-9-5-2-6-10-17)20-25(23,24)14-13-16-7-3-1-4-8-16/h1-10,18,20H,11-15H2,(H,21,22). The number of aliphatic carboxylic acids is 1. The van der Waals surface area contributed by atoms with Crippen LogP contribution in [0.2, 0.25) is 0 Å². The Morgan fingerprint density at radius 2 is 1.52 bits per heavy atom. The van der Waals surface area contributed by atoms with Gasteiger partial charge in [0.15, 0.2) is 0 Å². The van der Waals surface area contributed by atoms with Crippen molar-refractivity contribution in [3.05, 3.63) is 71.8 Å². The summed E-state index contributed by atoms with van der Waals surface area (Å²) in [6, 6.07) is 18.5. The second-order valence-corrected chi connectivity index (χ2v) is 7.86. The Morgan fingerprint density at radius 1 is 0.960 bits per heavy atom. The van der Waals surface area contributed by atoms with E-state index in [0.29, 0.717) is 12.8 Å². The van der Waals surface area contributed by atoms with E-state index in [1.807, 2.05) is 60.7 Å². The summed E-state index contributed by atoms with van der Waals surface area (Å²) in [5.74, 6) is -0.948. The van der Waals surface area contributed by atoms with E-state index in [1.165, 1.54) is 0 Å². The molecule has 134 valence electrons. The van der Waals surface area contributed by atoms with Gasteiger partial charge in [-0.25, -0.2) is 13.1 Å². The van der Waals surface area contributed by atoms with Crippen molar-refractivity contribution in [3.8, 4) is 0 Å². The van der Waals surface area contributed by atoms with E-state index in [-0.39, 0.29) is 18.6 Å². The summed E-state index contributed by atoms with van der Waals surface area (Å²) in [5, 5.41) is 8.90. The highest BCUT2D eigenvalue weighted by Crippen LogP contribution is 2.10. The second-order valence-electron chi connectivity index (χ2n) is 5.99. The molecule has 0 aliphatic heterocycles. The number of benzene rings is 2. The van der Waals surface area contributed by atoms with Gasteiger partial charge < -0.3 is 5.11 Å². The van der Waals surface area contributed by atoms with Gasteiger partial charge in [0.05, 0.1) is 5.75 Å². The first-order valence-electron chi connectivity index (χ1n) is 8.24. The molecule has 1 atom stereocenters. The van der Waals surface area contributed by atoms with Gasteiger partial charge in [-0.1, -0.05) is 60.7 Å². The third kappa shape index (κ3) is 7.49. The Labute approximate surface area is 148 Å². The van der Waals surface area contributed by atoms with Gasteiger partial charge >= 0.3 is 5.97 Å². The highest BCUT2D eigenvalue weighted by molar-refractivity contribution is 7.89. The van der Waals surface area contributed by atoms with Gasteiger partial charge in [0.2, 0.25) is 10.0 Å². The topological polar surface area (TPSA) is 83.5 Å². The lowest BCUT2D eigenvalue weighted by Gasteiger charge is -2.18. The van der Waals surface area contributed by atoms with E-state index in [4.69, 9.17) is 5.11 Å². The zero-order valence-corrected chi connectivity index (χ0v) is 14.8. The predicted octanol–water partition coefficient (Wildman–Crippen LogP) is 2.62. The van der Waals surface area contributed by atoms with Crippen molar-refractivity contribution in [2.75, 3.05) is 5.75 Å². The van der Waals surface area contributed by atoms with Gasteiger partial charge in [-0.05, 0) is 30.4 Å². The molecule has 6 heteroatoms. The number of sulfonamides is 1. The fourth-order valence-electron chi connectivity index (χ4n) is 2.61. The molecule has 0 amide bonds. The summed E-state index contributed by atoms with van der Waals surface area (Å²) in [7, 11) is -3.49. The number of rotatable bonds is 10. The number of carbonyl (C=O) groups is 1. The maximum Gasteiger partial charge on any atom is 0.303 e. The molecular formula is C19H23NO4S. The normalized spacial score (nSPS) is 12.6. The number of hydrogen-bond acceptors (Lipinski definition) is 3. The first-order valence-corrected chi connectivity index (χ1v) is 9.89. The van der Waals surface area contributed by atoms with Crippen molar-refractivity contribution in [3.63, 3.8) is 0 Å². The molecule has 1 unspecified atom stereocenters. The fraction of sp³-hybridized carbons (Fsp3) is 0.316. The maximum absolute atomic E-state index is 12.4. The molecule has 5 nitrogen and oxygen atoms in total. The van der Waals surface area contributed by atoms with E-state index in [0.717, 1.165) is 11.1 Å². The molecular weight excluding hydrogens is 338 g/mol. The van der Waals surface area contributed by atoms with E-state index in [2.05, 4.69) is 4.72 Å². The molecule has 2 N–H and O–H groups in total. The molecule has 0 aliphatic rings. The van der Waals surface area contributed by atoms with Crippen LogP contribution in [0.5, 0.6) is 0 Å². The minimum absolute atomic E-state index is 0.0185. The van der Waals surface area contributed by atoms with Crippen LogP contribution in [0.3, 0.4) is 0 Å². The zero-order valence-electron chi connectivity index (χ0n) is 14.0. The monoisotopic (exact) mass is 361 g/mol. The van der Waals surface area contributed by atoms with Crippen LogP contribution in [0, 0.1) is 0 Å². The van der Waals surface area contributed by atoms with Crippen LogP contribution in [0.25, 0.3) is 0 Å². The van der Waals surface area contributed by atoms with Gasteiger partial charge in [0.25, 0.3) is 0 Å². The van der Waals surface area contributed by atoms with E-state index < -0.39 is 22.0 Å². The van der Waals surface area contributed by atoms with Crippen molar-refractivity contribution >= 4 is 16.0 Å². The third-order valence-electron chi connectivity index (χ3n) is 3.88. The van der Waals surface area contributed by atoms with Crippen molar-refractivity contribution in [1.82, 2.24) is 4.72 Å². The summed E-state index contributed by atoms with van der Waals surface area (Å²) in [5.41, 5.74) is 1.93. The smallest absolute Gasteiger partial charge is 0.303 e. The lowest BCUT2D eigenvalue weighted by atomic mass is 10.0. The van der Waals surface area contributed by atoms with E-state index in [1.54, 1.807) is 0 Å². The van der Waals surface area contributed by atoms with Crippen molar-refractivity contribution in [2.45, 2.75) is 31.7 Å². The fourth-order valence-corrected chi connectivity index (χ4v) is 3.94. The Hall–Kier alpha value is -2.18. The molecule has 0 aliphatic carbocycles. The Bertz CT molecular complexity index is 761. The highest BCUT2D eigenvalue weighted by Gasteiger charge is 2.19. The SMILES string of the molecule is O=C(O)CCC(Cc1ccccc1)NS(=O)(=O)CCc1ccccc1. The predicted molar refractivity (Wildman–Crippen MR) is 97.9 cm³/mol. The summed E-state index contributed by atoms with van der Waals surface area (Å²) >= 11 is 0. The average molecular weight is 361 g/mol. The maximum atomic E-state index is 12.4. The first kappa shape index (κ1) is 19.1. The largest absolute Gasteiger partial charge is 0.481 e. The molecule has 2 aromatic rings. The number of hydrogen-bond donors (Lipinski definition) is 2. The Morgan fingerprint density at radius 3 is 2.08 bits per heavy atom. The van der Waals surface area contributed by atoms with Gasteiger partial charge in [-0.2, -0.15) is 0 Å². The Balaban J connectivity index is 1.99. The van der Waals surface area contributed by atoms with Gasteiger partial charge in [0.1, 0.15) is 0 Å². The number of nitrogens with one attached hydrogen (secondary N) is 1. The lowest BCUT2D eigenvalue weighted by Crippen LogP contribution is -2.38. The molecule has 0 radical (unpaired) electrons. The van der Waals surface area contributed by atoms with Gasteiger partial charge in [0, 0.05) is 12.5 Å². The zero-order chi connectivity index (χ0) is 18.1. The molecule has 25 heavy (non-hydrogen) atoms. The van der Waals surface area contributed by atoms with Crippen molar-refractivity contribution < 1.29 is 18.3 Å². The summed E-state index contributed by atoms with van der Waals surface area (Å²) in [4.78, 5) is 10.9. The molecule has 0 saturated heterocycles. The molecule has 0 saturated carbocycles. The van der Waals surface area contributed by atoms with Crippen molar-refractivity contribution in [2.24, 2.45) is 0 Å². The quantitative estimate of drug-likeness (QED) is 0.681. The van der Waals surface area contributed by atoms with Crippen LogP contribution >= 0.6 is 0 Å². The molecule has 0 bridgehead atoms. The Kier molecular flexibility index (Phi) is 7.16. The number of aryl methyl sites for hydroxylation is 1. The van der Waals surface area contributed by atoms with Gasteiger partial charge in [-0.15, -0.1) is 0 Å². The molecule has 2 aromatic carbocycles. The van der Waals surface area contributed by atoms with Crippen LogP contribution in [0.15, 0.2) is 60.7 Å². The van der Waals surface area contributed by atoms with Crippen LogP contribution in [-0.2, 0) is 27.7 Å². The van der Waals surface area contributed by atoms with E-state index >= 15 is 0 Å². The third-order valence-corrected chi connectivity index (χ3v) is 5.31. The summed E-state index contributed by atoms with van der Waals surface area (Å²) < 4.78 is 27.5. The first-order chi connectivity index (χ1) is 11.9. The molecule has 0 aromatic heterocycles.